The number of nitrogens with zero attached hydrogens (tertiary/aromatic N) is 1. The highest BCUT2D eigenvalue weighted by Crippen LogP contribution is 2.20. The summed E-state index contributed by atoms with van der Waals surface area (Å²) in [6.45, 7) is 2.75. The highest BCUT2D eigenvalue weighted by molar-refractivity contribution is 5.67. The predicted octanol–water partition coefficient (Wildman–Crippen LogP) is 1.05. The number of hydrogen-bond acceptors (Lipinski definition) is 4. The zero-order valence-electron chi connectivity index (χ0n) is 9.71. The fourth-order valence-electron chi connectivity index (χ4n) is 1.63. The average molecular weight is 239 g/mol. The van der Waals surface area contributed by atoms with Gasteiger partial charge in [0.25, 0.3) is 0 Å². The monoisotopic (exact) mass is 239 g/mol. The van der Waals surface area contributed by atoms with Gasteiger partial charge in [-0.2, -0.15) is 0 Å². The number of aromatic hydroxyl groups is 1. The second kappa shape index (κ2) is 6.10. The third-order valence-corrected chi connectivity index (χ3v) is 2.42. The van der Waals surface area contributed by atoms with Crippen LogP contribution in [-0.4, -0.2) is 40.5 Å². The third-order valence-electron chi connectivity index (χ3n) is 2.42. The van der Waals surface area contributed by atoms with Gasteiger partial charge in [-0.15, -0.1) is 0 Å². The molecule has 0 aliphatic rings. The van der Waals surface area contributed by atoms with Crippen molar-refractivity contribution < 1.29 is 20.1 Å². The van der Waals surface area contributed by atoms with Crippen molar-refractivity contribution in [3.05, 3.63) is 24.3 Å². The van der Waals surface area contributed by atoms with Gasteiger partial charge in [0.2, 0.25) is 0 Å². The number of phenols is 1. The lowest BCUT2D eigenvalue weighted by molar-refractivity contribution is -0.139. The minimum atomic E-state index is -1.02. The smallest absolute Gasteiger partial charge is 0.306 e. The van der Waals surface area contributed by atoms with Crippen LogP contribution in [0.4, 0.5) is 5.69 Å². The van der Waals surface area contributed by atoms with Crippen molar-refractivity contribution in [2.45, 2.75) is 19.4 Å². The van der Waals surface area contributed by atoms with E-state index in [1.807, 2.05) is 11.8 Å². The predicted molar refractivity (Wildman–Crippen MR) is 64.3 cm³/mol. The van der Waals surface area contributed by atoms with Crippen molar-refractivity contribution in [1.29, 1.82) is 0 Å². The van der Waals surface area contributed by atoms with Crippen LogP contribution in [0.5, 0.6) is 5.75 Å². The first-order valence-corrected chi connectivity index (χ1v) is 5.46. The molecule has 1 rings (SSSR count). The van der Waals surface area contributed by atoms with Crippen LogP contribution in [-0.2, 0) is 4.79 Å². The first kappa shape index (κ1) is 13.3. The maximum Gasteiger partial charge on any atom is 0.306 e. The lowest BCUT2D eigenvalue weighted by Crippen LogP contribution is -2.33. The van der Waals surface area contributed by atoms with Gasteiger partial charge in [-0.25, -0.2) is 0 Å². The highest BCUT2D eigenvalue weighted by Gasteiger charge is 2.14. The van der Waals surface area contributed by atoms with Gasteiger partial charge in [0.1, 0.15) is 5.75 Å². The Morgan fingerprint density at radius 3 is 2.71 bits per heavy atom. The molecule has 0 aliphatic carbocycles. The number of aliphatic carboxylic acids is 1. The number of aliphatic hydroxyl groups excluding tert-OH is 1. The summed E-state index contributed by atoms with van der Waals surface area (Å²) < 4.78 is 0. The van der Waals surface area contributed by atoms with Crippen molar-refractivity contribution in [3.8, 4) is 5.75 Å². The molecule has 94 valence electrons. The molecule has 0 aliphatic heterocycles. The van der Waals surface area contributed by atoms with E-state index in [1.54, 1.807) is 24.3 Å². The van der Waals surface area contributed by atoms with Crippen LogP contribution >= 0.6 is 0 Å². The lowest BCUT2D eigenvalue weighted by Gasteiger charge is -2.25. The summed E-state index contributed by atoms with van der Waals surface area (Å²) in [5.41, 5.74) is 0.761. The van der Waals surface area contributed by atoms with Gasteiger partial charge < -0.3 is 20.2 Å². The zero-order chi connectivity index (χ0) is 12.8. The SMILES string of the molecule is CCN(CC(O)CC(=O)O)c1cccc(O)c1. The molecule has 5 heteroatoms. The quantitative estimate of drug-likeness (QED) is 0.691. The molecule has 1 aromatic carbocycles. The highest BCUT2D eigenvalue weighted by atomic mass is 16.4. The van der Waals surface area contributed by atoms with E-state index in [9.17, 15) is 15.0 Å². The molecule has 5 nitrogen and oxygen atoms in total. The van der Waals surface area contributed by atoms with Crippen LogP contribution in [0.2, 0.25) is 0 Å². The van der Waals surface area contributed by atoms with Crippen LogP contribution in [0, 0.1) is 0 Å². The van der Waals surface area contributed by atoms with E-state index in [1.165, 1.54) is 0 Å². The van der Waals surface area contributed by atoms with Crippen molar-refractivity contribution in [3.63, 3.8) is 0 Å². The number of hydrogen-bond donors (Lipinski definition) is 3. The van der Waals surface area contributed by atoms with Crippen molar-refractivity contribution in [2.24, 2.45) is 0 Å². The maximum atomic E-state index is 10.5. The molecule has 3 N–H and O–H groups in total. The molecule has 0 amide bonds. The summed E-state index contributed by atoms with van der Waals surface area (Å²) in [6.07, 6.45) is -1.20. The Morgan fingerprint density at radius 1 is 1.47 bits per heavy atom. The number of carboxylic acid groups (broad SMARTS) is 1. The van der Waals surface area contributed by atoms with Crippen LogP contribution in [0.15, 0.2) is 24.3 Å². The summed E-state index contributed by atoms with van der Waals surface area (Å²) in [4.78, 5) is 12.3. The number of anilines is 1. The Morgan fingerprint density at radius 2 is 2.18 bits per heavy atom. The lowest BCUT2D eigenvalue weighted by atomic mass is 10.2. The average Bonchev–Trinajstić information content (AvgIpc) is 2.24. The van der Waals surface area contributed by atoms with Crippen molar-refractivity contribution in [2.75, 3.05) is 18.0 Å². The van der Waals surface area contributed by atoms with Gasteiger partial charge in [-0.3, -0.25) is 4.79 Å². The number of carbonyl (C=O) groups is 1. The largest absolute Gasteiger partial charge is 0.508 e. The van der Waals surface area contributed by atoms with Gasteiger partial charge in [0.15, 0.2) is 0 Å². The van der Waals surface area contributed by atoms with E-state index >= 15 is 0 Å². The normalized spacial score (nSPS) is 12.1. The first-order chi connectivity index (χ1) is 8.02. The van der Waals surface area contributed by atoms with E-state index in [-0.39, 0.29) is 18.7 Å². The number of benzene rings is 1. The van der Waals surface area contributed by atoms with Gasteiger partial charge >= 0.3 is 5.97 Å². The molecule has 0 spiro atoms. The van der Waals surface area contributed by atoms with Gasteiger partial charge in [-0.05, 0) is 19.1 Å². The standard InChI is InChI=1S/C12H17NO4/c1-2-13(8-11(15)7-12(16)17)9-4-3-5-10(14)6-9/h3-6,11,14-15H,2,7-8H2,1H3,(H,16,17). The van der Waals surface area contributed by atoms with Gasteiger partial charge in [0, 0.05) is 24.8 Å². The van der Waals surface area contributed by atoms with Crippen LogP contribution < -0.4 is 4.90 Å². The number of phenolic OH excluding ortho intramolecular Hbond substituents is 1. The molecule has 0 radical (unpaired) electrons. The molecule has 1 unspecified atom stereocenters. The summed E-state index contributed by atoms with van der Waals surface area (Å²) in [5.74, 6) is -0.877. The van der Waals surface area contributed by atoms with Crippen molar-refractivity contribution >= 4 is 11.7 Å². The zero-order valence-corrected chi connectivity index (χ0v) is 9.71. The Kier molecular flexibility index (Phi) is 4.78. The van der Waals surface area contributed by atoms with E-state index in [0.717, 1.165) is 5.69 Å². The summed E-state index contributed by atoms with van der Waals surface area (Å²) in [6, 6.07) is 6.65. The molecular formula is C12H17NO4. The third kappa shape index (κ3) is 4.32. The molecule has 0 bridgehead atoms. The number of aliphatic hydroxyl groups is 1. The topological polar surface area (TPSA) is 81.0 Å². The number of rotatable bonds is 6. The van der Waals surface area contributed by atoms with Crippen molar-refractivity contribution in [1.82, 2.24) is 0 Å². The summed E-state index contributed by atoms with van der Waals surface area (Å²) in [7, 11) is 0. The van der Waals surface area contributed by atoms with Crippen LogP contribution in [0.1, 0.15) is 13.3 Å². The summed E-state index contributed by atoms with van der Waals surface area (Å²) in [5, 5.41) is 27.5. The second-order valence-electron chi connectivity index (χ2n) is 3.81. The molecular weight excluding hydrogens is 222 g/mol. The Hall–Kier alpha value is -1.75. The maximum absolute atomic E-state index is 10.5. The molecule has 0 saturated carbocycles. The fourth-order valence-corrected chi connectivity index (χ4v) is 1.63. The van der Waals surface area contributed by atoms with E-state index < -0.39 is 12.1 Å². The molecule has 0 aromatic heterocycles. The molecule has 0 saturated heterocycles. The number of likely N-dealkylation sites (N-methyl/N-ethyl adjacent to an activating group) is 1. The van der Waals surface area contributed by atoms with E-state index in [2.05, 4.69) is 0 Å². The van der Waals surface area contributed by atoms with Crippen LogP contribution in [0.3, 0.4) is 0 Å². The first-order valence-electron chi connectivity index (χ1n) is 5.46. The molecule has 1 atom stereocenters. The molecule has 17 heavy (non-hydrogen) atoms. The van der Waals surface area contributed by atoms with E-state index in [4.69, 9.17) is 5.11 Å². The minimum absolute atomic E-state index is 0.147. The Balaban J connectivity index is 2.68. The molecule has 0 fully saturated rings. The molecule has 1 aromatic rings. The second-order valence-corrected chi connectivity index (χ2v) is 3.81. The molecule has 0 heterocycles. The van der Waals surface area contributed by atoms with Crippen LogP contribution in [0.25, 0.3) is 0 Å². The fraction of sp³-hybridized carbons (Fsp3) is 0.417. The minimum Gasteiger partial charge on any atom is -0.508 e. The van der Waals surface area contributed by atoms with Gasteiger partial charge in [0.05, 0.1) is 12.5 Å². The van der Waals surface area contributed by atoms with E-state index in [0.29, 0.717) is 6.54 Å². The Bertz CT molecular complexity index is 381. The number of carboxylic acids is 1. The van der Waals surface area contributed by atoms with Gasteiger partial charge in [-0.1, -0.05) is 6.07 Å². The Labute approximate surface area is 99.9 Å². The summed E-state index contributed by atoms with van der Waals surface area (Å²) >= 11 is 0.